The van der Waals surface area contributed by atoms with E-state index in [-0.39, 0.29) is 6.04 Å². The second-order valence-corrected chi connectivity index (χ2v) is 5.03. The van der Waals surface area contributed by atoms with Crippen molar-refractivity contribution in [3.05, 3.63) is 22.7 Å². The van der Waals surface area contributed by atoms with Crippen LogP contribution in [0.1, 0.15) is 18.0 Å². The van der Waals surface area contributed by atoms with Gasteiger partial charge in [-0.25, -0.2) is 0 Å². The summed E-state index contributed by atoms with van der Waals surface area (Å²) in [5.74, 6) is 1.77. The summed E-state index contributed by atoms with van der Waals surface area (Å²) in [4.78, 5) is 0. The van der Waals surface area contributed by atoms with E-state index in [0.717, 1.165) is 25.2 Å². The number of nitrogens with one attached hydrogen (secondary N) is 1. The molecule has 0 spiro atoms. The number of hydrogen-bond donors (Lipinski definition) is 1. The third kappa shape index (κ3) is 2.96. The van der Waals surface area contributed by atoms with Gasteiger partial charge in [-0.15, -0.1) is 0 Å². The molecule has 19 heavy (non-hydrogen) atoms. The molecule has 0 aliphatic carbocycles. The monoisotopic (exact) mass is 285 g/mol. The van der Waals surface area contributed by atoms with Crippen molar-refractivity contribution in [1.82, 2.24) is 5.32 Å². The van der Waals surface area contributed by atoms with Crippen LogP contribution in [-0.2, 0) is 4.74 Å². The van der Waals surface area contributed by atoms with E-state index in [2.05, 4.69) is 5.32 Å². The smallest absolute Gasteiger partial charge is 0.162 e. The molecule has 1 aromatic rings. The van der Waals surface area contributed by atoms with Gasteiger partial charge in [-0.3, -0.25) is 0 Å². The summed E-state index contributed by atoms with van der Waals surface area (Å²) in [6, 6.07) is 3.91. The third-order valence-corrected chi connectivity index (χ3v) is 3.91. The van der Waals surface area contributed by atoms with Gasteiger partial charge < -0.3 is 19.5 Å². The van der Waals surface area contributed by atoms with E-state index in [0.29, 0.717) is 22.4 Å². The fraction of sp³-hybridized carbons (Fsp3) is 0.571. The second kappa shape index (κ2) is 6.46. The van der Waals surface area contributed by atoms with Gasteiger partial charge in [0, 0.05) is 29.7 Å². The Morgan fingerprint density at radius 2 is 2.00 bits per heavy atom. The highest BCUT2D eigenvalue weighted by Gasteiger charge is 2.28. The lowest BCUT2D eigenvalue weighted by molar-refractivity contribution is 0.177. The van der Waals surface area contributed by atoms with Crippen LogP contribution in [0.3, 0.4) is 0 Å². The first-order valence-corrected chi connectivity index (χ1v) is 6.75. The van der Waals surface area contributed by atoms with Gasteiger partial charge in [0.1, 0.15) is 0 Å². The van der Waals surface area contributed by atoms with Gasteiger partial charge in [-0.1, -0.05) is 11.6 Å². The van der Waals surface area contributed by atoms with Crippen LogP contribution in [0.2, 0.25) is 5.02 Å². The van der Waals surface area contributed by atoms with E-state index < -0.39 is 0 Å². The van der Waals surface area contributed by atoms with Crippen LogP contribution >= 0.6 is 11.6 Å². The lowest BCUT2D eigenvalue weighted by atomic mass is 9.92. The molecule has 2 rings (SSSR count). The Morgan fingerprint density at radius 1 is 1.32 bits per heavy atom. The number of halogens is 1. The summed E-state index contributed by atoms with van der Waals surface area (Å²) in [6.07, 6.45) is 1.04. The number of rotatable bonds is 5. The SMILES string of the molecule is CNC(c1cc(OC)c(OC)cc1Cl)C1CCOC1. The van der Waals surface area contributed by atoms with Crippen LogP contribution in [0, 0.1) is 5.92 Å². The third-order valence-electron chi connectivity index (χ3n) is 3.59. The van der Waals surface area contributed by atoms with Gasteiger partial charge in [0.15, 0.2) is 11.5 Å². The highest BCUT2D eigenvalue weighted by atomic mass is 35.5. The van der Waals surface area contributed by atoms with Crippen LogP contribution in [0.25, 0.3) is 0 Å². The minimum atomic E-state index is 0.162. The molecule has 1 aromatic carbocycles. The Balaban J connectivity index is 2.36. The van der Waals surface area contributed by atoms with Gasteiger partial charge in [0.25, 0.3) is 0 Å². The number of ether oxygens (including phenoxy) is 3. The summed E-state index contributed by atoms with van der Waals surface area (Å²) in [5.41, 5.74) is 1.03. The molecule has 4 nitrogen and oxygen atoms in total. The molecule has 5 heteroatoms. The Labute approximate surface area is 119 Å². The highest BCUT2D eigenvalue weighted by Crippen LogP contribution is 2.39. The maximum Gasteiger partial charge on any atom is 0.162 e. The van der Waals surface area contributed by atoms with Crippen molar-refractivity contribution in [1.29, 1.82) is 0 Å². The molecular formula is C14H20ClNO3. The summed E-state index contributed by atoms with van der Waals surface area (Å²) in [7, 11) is 5.17. The molecule has 1 heterocycles. The maximum absolute atomic E-state index is 6.37. The van der Waals surface area contributed by atoms with Crippen LogP contribution in [-0.4, -0.2) is 34.5 Å². The Morgan fingerprint density at radius 3 is 2.53 bits per heavy atom. The molecule has 0 radical (unpaired) electrons. The minimum absolute atomic E-state index is 0.162. The van der Waals surface area contributed by atoms with Crippen molar-refractivity contribution in [3.8, 4) is 11.5 Å². The molecule has 1 saturated heterocycles. The standard InChI is InChI=1S/C14H20ClNO3/c1-16-14(9-4-5-19-8-9)10-6-12(17-2)13(18-3)7-11(10)15/h6-7,9,14,16H,4-5,8H2,1-3H3. The maximum atomic E-state index is 6.37. The van der Waals surface area contributed by atoms with Gasteiger partial charge >= 0.3 is 0 Å². The number of benzene rings is 1. The number of hydrogen-bond acceptors (Lipinski definition) is 4. The molecule has 1 aliphatic rings. The van der Waals surface area contributed by atoms with Crippen molar-refractivity contribution in [2.75, 3.05) is 34.5 Å². The molecule has 106 valence electrons. The zero-order valence-corrected chi connectivity index (χ0v) is 12.3. The highest BCUT2D eigenvalue weighted by molar-refractivity contribution is 6.31. The second-order valence-electron chi connectivity index (χ2n) is 4.62. The Bertz CT molecular complexity index is 433. The predicted octanol–water partition coefficient (Wildman–Crippen LogP) is 2.65. The Kier molecular flexibility index (Phi) is 4.91. The van der Waals surface area contributed by atoms with E-state index >= 15 is 0 Å². The van der Waals surface area contributed by atoms with Gasteiger partial charge in [-0.05, 0) is 25.1 Å². The summed E-state index contributed by atoms with van der Waals surface area (Å²) in [6.45, 7) is 1.57. The lowest BCUT2D eigenvalue weighted by Crippen LogP contribution is -2.26. The minimum Gasteiger partial charge on any atom is -0.493 e. The van der Waals surface area contributed by atoms with E-state index in [1.54, 1.807) is 20.3 Å². The van der Waals surface area contributed by atoms with Gasteiger partial charge in [0.2, 0.25) is 0 Å². The molecule has 2 atom stereocenters. The topological polar surface area (TPSA) is 39.7 Å². The van der Waals surface area contributed by atoms with E-state index in [1.165, 1.54) is 0 Å². The molecule has 0 saturated carbocycles. The fourth-order valence-corrected chi connectivity index (χ4v) is 2.84. The molecule has 0 bridgehead atoms. The van der Waals surface area contributed by atoms with Crippen molar-refractivity contribution in [2.45, 2.75) is 12.5 Å². The van der Waals surface area contributed by atoms with Crippen LogP contribution in [0.4, 0.5) is 0 Å². The normalized spacial score (nSPS) is 20.3. The van der Waals surface area contributed by atoms with Crippen LogP contribution in [0.15, 0.2) is 12.1 Å². The molecule has 1 aliphatic heterocycles. The molecule has 2 unspecified atom stereocenters. The van der Waals surface area contributed by atoms with E-state index in [9.17, 15) is 0 Å². The molecule has 1 N–H and O–H groups in total. The van der Waals surface area contributed by atoms with E-state index in [4.69, 9.17) is 25.8 Å². The Hall–Kier alpha value is -0.970. The zero-order valence-electron chi connectivity index (χ0n) is 11.5. The largest absolute Gasteiger partial charge is 0.493 e. The van der Waals surface area contributed by atoms with Gasteiger partial charge in [0.05, 0.1) is 20.8 Å². The average molecular weight is 286 g/mol. The zero-order chi connectivity index (χ0) is 13.8. The van der Waals surface area contributed by atoms with Crippen molar-refractivity contribution >= 4 is 11.6 Å². The lowest BCUT2D eigenvalue weighted by Gasteiger charge is -2.24. The van der Waals surface area contributed by atoms with Gasteiger partial charge in [-0.2, -0.15) is 0 Å². The number of methoxy groups -OCH3 is 2. The van der Waals surface area contributed by atoms with Crippen molar-refractivity contribution in [2.24, 2.45) is 5.92 Å². The molecule has 0 amide bonds. The molecule has 0 aromatic heterocycles. The van der Waals surface area contributed by atoms with Crippen molar-refractivity contribution < 1.29 is 14.2 Å². The van der Waals surface area contributed by atoms with Crippen LogP contribution in [0.5, 0.6) is 11.5 Å². The predicted molar refractivity (Wildman–Crippen MR) is 75.3 cm³/mol. The fourth-order valence-electron chi connectivity index (χ4n) is 2.57. The molecule has 1 fully saturated rings. The first kappa shape index (κ1) is 14.4. The van der Waals surface area contributed by atoms with Crippen molar-refractivity contribution in [3.63, 3.8) is 0 Å². The molecular weight excluding hydrogens is 266 g/mol. The quantitative estimate of drug-likeness (QED) is 0.903. The summed E-state index contributed by atoms with van der Waals surface area (Å²) < 4.78 is 16.1. The first-order valence-electron chi connectivity index (χ1n) is 6.37. The van der Waals surface area contributed by atoms with Crippen LogP contribution < -0.4 is 14.8 Å². The summed E-state index contributed by atoms with van der Waals surface area (Å²) in [5, 5.41) is 4.01. The first-order chi connectivity index (χ1) is 9.21. The average Bonchev–Trinajstić information content (AvgIpc) is 2.94. The van der Waals surface area contributed by atoms with E-state index in [1.807, 2.05) is 13.1 Å². The summed E-state index contributed by atoms with van der Waals surface area (Å²) >= 11 is 6.37.